The molecule has 3 heteroatoms. The van der Waals surface area contributed by atoms with Crippen molar-refractivity contribution in [1.29, 1.82) is 0 Å². The second-order valence-electron chi connectivity index (χ2n) is 1.11. The third-order valence-corrected chi connectivity index (χ3v) is 0.931. The Hall–Kier alpha value is -0.0800. The lowest BCUT2D eigenvalue weighted by atomic mass is 10.4. The molecule has 0 aromatic rings. The summed E-state index contributed by atoms with van der Waals surface area (Å²) in [5.74, 6) is 0.188. The van der Waals surface area contributed by atoms with Crippen molar-refractivity contribution in [2.75, 3.05) is 12.4 Å². The molecule has 0 unspecified atom stereocenters. The monoisotopic (exact) mass is 123 g/mol. The number of hydrogen-bond donors (Lipinski definition) is 1. The van der Waals surface area contributed by atoms with E-state index in [9.17, 15) is 4.39 Å². The van der Waals surface area contributed by atoms with Crippen LogP contribution in [0.2, 0.25) is 0 Å². The maximum Gasteiger partial charge on any atom is 0.0883 e. The normalized spacial score (nSPS) is 12.1. The van der Waals surface area contributed by atoms with E-state index in [1.54, 1.807) is 0 Å². The highest BCUT2D eigenvalue weighted by Crippen LogP contribution is 1.93. The molecule has 0 spiro atoms. The first-order chi connectivity index (χ1) is 3.35. The molecule has 1 nitrogen and oxygen atoms in total. The number of alkyl halides is 1. The third-order valence-electron chi connectivity index (χ3n) is 0.588. The highest BCUT2D eigenvalue weighted by atomic mass is 35.5. The van der Waals surface area contributed by atoms with Gasteiger partial charge < -0.3 is 5.73 Å². The summed E-state index contributed by atoms with van der Waals surface area (Å²) in [7, 11) is 0. The van der Waals surface area contributed by atoms with Crippen LogP contribution in [0, 0.1) is 0 Å². The van der Waals surface area contributed by atoms with Crippen LogP contribution in [0.5, 0.6) is 0 Å². The summed E-state index contributed by atoms with van der Waals surface area (Å²) in [5.41, 5.74) is 5.43. The molecule has 0 atom stereocenters. The fourth-order valence-electron chi connectivity index (χ4n) is 0.128. The second-order valence-corrected chi connectivity index (χ2v) is 1.37. The van der Waals surface area contributed by atoms with Crippen LogP contribution in [-0.2, 0) is 0 Å². The lowest BCUT2D eigenvalue weighted by Crippen LogP contribution is -2.02. The van der Waals surface area contributed by atoms with Crippen molar-refractivity contribution in [3.8, 4) is 0 Å². The summed E-state index contributed by atoms with van der Waals surface area (Å²) in [6.45, 7) is 0.208. The fourth-order valence-corrected chi connectivity index (χ4v) is 0.296. The number of nitrogens with two attached hydrogens (primary N) is 1. The Bertz CT molecular complexity index is 66.1. The maximum atomic E-state index is 11.3. The summed E-state index contributed by atoms with van der Waals surface area (Å²) < 4.78 is 11.3. The van der Waals surface area contributed by atoms with Gasteiger partial charge in [0.05, 0.1) is 6.33 Å². The van der Waals surface area contributed by atoms with Crippen LogP contribution in [-0.4, -0.2) is 12.4 Å². The first-order valence-corrected chi connectivity index (χ1v) is 2.42. The third kappa shape index (κ3) is 2.60. The molecule has 0 aliphatic rings. The first-order valence-electron chi connectivity index (χ1n) is 1.89. The molecular formula is C4H7ClFN. The SMILES string of the molecule is NC/C(=C\F)CCl. The van der Waals surface area contributed by atoms with Gasteiger partial charge in [0.2, 0.25) is 0 Å². The van der Waals surface area contributed by atoms with Crippen molar-refractivity contribution < 1.29 is 4.39 Å². The molecule has 0 aliphatic carbocycles. The van der Waals surface area contributed by atoms with Crippen molar-refractivity contribution in [2.45, 2.75) is 0 Å². The highest BCUT2D eigenvalue weighted by molar-refractivity contribution is 6.19. The number of hydrogen-bond acceptors (Lipinski definition) is 1. The quantitative estimate of drug-likeness (QED) is 0.546. The van der Waals surface area contributed by atoms with Crippen LogP contribution in [0.25, 0.3) is 0 Å². The van der Waals surface area contributed by atoms with Crippen LogP contribution >= 0.6 is 11.6 Å². The molecule has 0 saturated carbocycles. The van der Waals surface area contributed by atoms with E-state index in [-0.39, 0.29) is 12.4 Å². The van der Waals surface area contributed by atoms with Crippen molar-refractivity contribution in [2.24, 2.45) is 5.73 Å². The van der Waals surface area contributed by atoms with Gasteiger partial charge in [-0.05, 0) is 5.57 Å². The Labute approximate surface area is 47.0 Å². The van der Waals surface area contributed by atoms with Gasteiger partial charge in [0.15, 0.2) is 0 Å². The van der Waals surface area contributed by atoms with Gasteiger partial charge in [0, 0.05) is 12.4 Å². The zero-order valence-electron chi connectivity index (χ0n) is 3.82. The van der Waals surface area contributed by atoms with Crippen LogP contribution in [0.15, 0.2) is 11.9 Å². The van der Waals surface area contributed by atoms with Gasteiger partial charge in [0.1, 0.15) is 0 Å². The number of rotatable bonds is 2. The zero-order valence-corrected chi connectivity index (χ0v) is 4.58. The lowest BCUT2D eigenvalue weighted by molar-refractivity contribution is 0.706. The molecular weight excluding hydrogens is 117 g/mol. The summed E-state index contributed by atoms with van der Waals surface area (Å²) in [5, 5.41) is 0. The van der Waals surface area contributed by atoms with Gasteiger partial charge in [-0.15, -0.1) is 11.6 Å². The van der Waals surface area contributed by atoms with E-state index < -0.39 is 0 Å². The first kappa shape index (κ1) is 6.92. The van der Waals surface area contributed by atoms with E-state index in [1.807, 2.05) is 0 Å². The minimum Gasteiger partial charge on any atom is -0.327 e. The van der Waals surface area contributed by atoms with Gasteiger partial charge in [-0.1, -0.05) is 0 Å². The molecule has 0 amide bonds. The smallest absolute Gasteiger partial charge is 0.0883 e. The van der Waals surface area contributed by atoms with Crippen molar-refractivity contribution in [3.05, 3.63) is 11.9 Å². The number of halogens is 2. The maximum absolute atomic E-state index is 11.3. The molecule has 0 saturated heterocycles. The van der Waals surface area contributed by atoms with Crippen molar-refractivity contribution in [3.63, 3.8) is 0 Å². The zero-order chi connectivity index (χ0) is 5.70. The molecule has 0 radical (unpaired) electrons. The minimum absolute atomic E-state index is 0.188. The van der Waals surface area contributed by atoms with E-state index in [0.717, 1.165) is 0 Å². The van der Waals surface area contributed by atoms with Gasteiger partial charge in [0.25, 0.3) is 0 Å². The van der Waals surface area contributed by atoms with E-state index in [4.69, 9.17) is 17.3 Å². The molecule has 0 aliphatic heterocycles. The summed E-state index contributed by atoms with van der Waals surface area (Å²) in [6, 6.07) is 0. The standard InChI is InChI=1S/C4H7ClFN/c5-1-4(2-6)3-7/h2H,1,3,7H2/b4-2-. The Morgan fingerprint density at radius 1 is 1.86 bits per heavy atom. The van der Waals surface area contributed by atoms with Crippen LogP contribution in [0.4, 0.5) is 4.39 Å². The summed E-state index contributed by atoms with van der Waals surface area (Å²) in [6.07, 6.45) is 0.438. The predicted octanol–water partition coefficient (Wildman–Crippen LogP) is 1.04. The molecule has 0 heterocycles. The molecule has 0 rings (SSSR count). The minimum atomic E-state index is 0.188. The van der Waals surface area contributed by atoms with Crippen LogP contribution in [0.1, 0.15) is 0 Å². The summed E-state index contributed by atoms with van der Waals surface area (Å²) in [4.78, 5) is 0. The second kappa shape index (κ2) is 4.09. The van der Waals surface area contributed by atoms with E-state index in [0.29, 0.717) is 11.9 Å². The average Bonchev–Trinajstić information content (AvgIpc) is 1.72. The Balaban J connectivity index is 3.38. The van der Waals surface area contributed by atoms with Crippen LogP contribution in [0.3, 0.4) is 0 Å². The molecule has 7 heavy (non-hydrogen) atoms. The van der Waals surface area contributed by atoms with Gasteiger partial charge in [-0.25, -0.2) is 4.39 Å². The van der Waals surface area contributed by atoms with Crippen molar-refractivity contribution >= 4 is 11.6 Å². The molecule has 42 valence electrons. The van der Waals surface area contributed by atoms with E-state index >= 15 is 0 Å². The van der Waals surface area contributed by atoms with E-state index in [2.05, 4.69) is 0 Å². The largest absolute Gasteiger partial charge is 0.327 e. The molecule has 0 fully saturated rings. The van der Waals surface area contributed by atoms with Crippen molar-refractivity contribution in [1.82, 2.24) is 0 Å². The summed E-state index contributed by atoms with van der Waals surface area (Å²) >= 11 is 5.18. The molecule has 0 aromatic heterocycles. The Morgan fingerprint density at radius 3 is 2.43 bits per heavy atom. The van der Waals surface area contributed by atoms with Crippen LogP contribution < -0.4 is 5.73 Å². The predicted molar refractivity (Wildman–Crippen MR) is 29.0 cm³/mol. The van der Waals surface area contributed by atoms with Gasteiger partial charge in [-0.2, -0.15) is 0 Å². The molecule has 2 N–H and O–H groups in total. The highest BCUT2D eigenvalue weighted by Gasteiger charge is 1.86. The Morgan fingerprint density at radius 2 is 2.43 bits per heavy atom. The fraction of sp³-hybridized carbons (Fsp3) is 0.500. The topological polar surface area (TPSA) is 26.0 Å². The lowest BCUT2D eigenvalue weighted by Gasteiger charge is -1.89. The molecule has 0 aromatic carbocycles. The van der Waals surface area contributed by atoms with Gasteiger partial charge >= 0.3 is 0 Å². The van der Waals surface area contributed by atoms with Gasteiger partial charge in [-0.3, -0.25) is 0 Å². The average molecular weight is 124 g/mol. The molecule has 0 bridgehead atoms. The van der Waals surface area contributed by atoms with E-state index in [1.165, 1.54) is 0 Å². The Kier molecular flexibility index (Phi) is 4.04.